The Morgan fingerprint density at radius 2 is 1.85 bits per heavy atom. The summed E-state index contributed by atoms with van der Waals surface area (Å²) in [5, 5.41) is 1.06. The predicted octanol–water partition coefficient (Wildman–Crippen LogP) is 4.94. The molecule has 0 saturated heterocycles. The Morgan fingerprint density at radius 3 is 2.45 bits per heavy atom. The Morgan fingerprint density at radius 1 is 1.20 bits per heavy atom. The highest BCUT2D eigenvalue weighted by atomic mass is 35.5. The molecule has 0 radical (unpaired) electrons. The van der Waals surface area contributed by atoms with Crippen LogP contribution in [-0.4, -0.2) is 18.7 Å². The van der Waals surface area contributed by atoms with Crippen molar-refractivity contribution in [2.75, 3.05) is 5.75 Å². The average molecular weight is 339 g/mol. The maximum atomic E-state index is 10.8. The number of halogens is 2. The zero-order valence-electron chi connectivity index (χ0n) is 11.5. The third kappa shape index (κ3) is 6.00. The summed E-state index contributed by atoms with van der Waals surface area (Å²) in [6.45, 7) is 2.11. The van der Waals surface area contributed by atoms with Crippen molar-refractivity contribution in [3.8, 4) is 0 Å². The monoisotopic (exact) mass is 338 g/mol. The summed E-state index contributed by atoms with van der Waals surface area (Å²) in [5.41, 5.74) is 0.961. The minimum atomic E-state index is -3.90. The summed E-state index contributed by atoms with van der Waals surface area (Å²) in [6, 6.07) is 5.52. The van der Waals surface area contributed by atoms with E-state index in [9.17, 15) is 8.42 Å². The Balaban J connectivity index is 2.80. The van der Waals surface area contributed by atoms with Crippen LogP contribution in [-0.2, 0) is 10.1 Å². The largest absolute Gasteiger partial charge is 0.286 e. The van der Waals surface area contributed by atoms with Crippen LogP contribution in [0.2, 0.25) is 10.0 Å². The molecule has 1 atom stereocenters. The van der Waals surface area contributed by atoms with Gasteiger partial charge in [0.15, 0.2) is 0 Å². The molecule has 1 unspecified atom stereocenters. The molecule has 20 heavy (non-hydrogen) atoms. The molecule has 114 valence electrons. The molecular weight excluding hydrogens is 319 g/mol. The second-order valence-electron chi connectivity index (χ2n) is 4.91. The standard InChI is InChI=1S/C14H20Cl2O3S/c1-2-3-6-11(7-5-10-20(17,18)19)12-8-4-9-13(15)14(12)16/h4,8-9,11H,2-3,5-7,10H2,1H3,(H,17,18,19). The van der Waals surface area contributed by atoms with Crippen LogP contribution >= 0.6 is 23.2 Å². The first-order valence-electron chi connectivity index (χ1n) is 6.74. The average Bonchev–Trinajstić information content (AvgIpc) is 2.36. The predicted molar refractivity (Wildman–Crippen MR) is 84.4 cm³/mol. The highest BCUT2D eigenvalue weighted by Crippen LogP contribution is 2.36. The van der Waals surface area contributed by atoms with E-state index in [0.29, 0.717) is 22.9 Å². The van der Waals surface area contributed by atoms with Crippen LogP contribution in [0.3, 0.4) is 0 Å². The minimum Gasteiger partial charge on any atom is -0.286 e. The van der Waals surface area contributed by atoms with Crippen molar-refractivity contribution in [3.05, 3.63) is 33.8 Å². The lowest BCUT2D eigenvalue weighted by atomic mass is 9.89. The van der Waals surface area contributed by atoms with Crippen LogP contribution in [0.25, 0.3) is 0 Å². The Kier molecular flexibility index (Phi) is 7.30. The lowest BCUT2D eigenvalue weighted by Gasteiger charge is -2.18. The van der Waals surface area contributed by atoms with Gasteiger partial charge in [0.25, 0.3) is 10.1 Å². The number of unbranched alkanes of at least 4 members (excludes halogenated alkanes) is 1. The molecule has 0 spiro atoms. The van der Waals surface area contributed by atoms with Crippen LogP contribution in [0.5, 0.6) is 0 Å². The summed E-state index contributed by atoms with van der Waals surface area (Å²) >= 11 is 12.3. The van der Waals surface area contributed by atoms with Gasteiger partial charge >= 0.3 is 0 Å². The molecule has 0 aliphatic carbocycles. The van der Waals surface area contributed by atoms with E-state index in [1.807, 2.05) is 12.1 Å². The SMILES string of the molecule is CCCCC(CCCS(=O)(=O)O)c1cccc(Cl)c1Cl. The molecule has 1 rings (SSSR count). The molecule has 6 heteroatoms. The fourth-order valence-corrected chi connectivity index (χ4v) is 3.25. The number of benzene rings is 1. The van der Waals surface area contributed by atoms with Gasteiger partial charge in [0.05, 0.1) is 15.8 Å². The van der Waals surface area contributed by atoms with Crippen LogP contribution in [0.1, 0.15) is 50.5 Å². The summed E-state index contributed by atoms with van der Waals surface area (Å²) in [7, 11) is -3.90. The van der Waals surface area contributed by atoms with Gasteiger partial charge < -0.3 is 0 Å². The van der Waals surface area contributed by atoms with E-state index >= 15 is 0 Å². The second-order valence-corrected chi connectivity index (χ2v) is 7.27. The number of rotatable bonds is 8. The smallest absolute Gasteiger partial charge is 0.264 e. The second kappa shape index (κ2) is 8.23. The van der Waals surface area contributed by atoms with Crippen LogP contribution in [0, 0.1) is 0 Å². The molecular formula is C14H20Cl2O3S. The van der Waals surface area contributed by atoms with Crippen molar-refractivity contribution >= 4 is 33.3 Å². The zero-order chi connectivity index (χ0) is 15.2. The normalized spacial score (nSPS) is 13.4. The van der Waals surface area contributed by atoms with Crippen molar-refractivity contribution in [1.29, 1.82) is 0 Å². The molecule has 0 aliphatic rings. The molecule has 0 aliphatic heterocycles. The molecule has 1 N–H and O–H groups in total. The molecule has 1 aromatic rings. The van der Waals surface area contributed by atoms with Gasteiger partial charge in [-0.1, -0.05) is 55.1 Å². The Labute approximate surface area is 131 Å². The third-order valence-corrected chi connectivity index (χ3v) is 4.92. The van der Waals surface area contributed by atoms with Gasteiger partial charge in [0, 0.05) is 0 Å². The fourth-order valence-electron chi connectivity index (χ4n) is 2.25. The van der Waals surface area contributed by atoms with Crippen molar-refractivity contribution in [2.45, 2.75) is 44.9 Å². The van der Waals surface area contributed by atoms with E-state index < -0.39 is 10.1 Å². The number of hydrogen-bond acceptors (Lipinski definition) is 2. The van der Waals surface area contributed by atoms with E-state index in [2.05, 4.69) is 6.92 Å². The fraction of sp³-hybridized carbons (Fsp3) is 0.571. The first-order valence-corrected chi connectivity index (χ1v) is 9.10. The van der Waals surface area contributed by atoms with Gasteiger partial charge in [0.1, 0.15) is 0 Å². The Bertz CT molecular complexity index is 529. The van der Waals surface area contributed by atoms with Crippen molar-refractivity contribution in [1.82, 2.24) is 0 Å². The van der Waals surface area contributed by atoms with Crippen molar-refractivity contribution in [3.63, 3.8) is 0 Å². The first kappa shape index (κ1) is 17.8. The van der Waals surface area contributed by atoms with Gasteiger partial charge in [0.2, 0.25) is 0 Å². The molecule has 0 bridgehead atoms. The highest BCUT2D eigenvalue weighted by molar-refractivity contribution is 7.85. The van der Waals surface area contributed by atoms with Gasteiger partial charge in [-0.15, -0.1) is 0 Å². The zero-order valence-corrected chi connectivity index (χ0v) is 13.8. The van der Waals surface area contributed by atoms with Gasteiger partial charge in [-0.2, -0.15) is 8.42 Å². The lowest BCUT2D eigenvalue weighted by molar-refractivity contribution is 0.474. The third-order valence-electron chi connectivity index (χ3n) is 3.28. The topological polar surface area (TPSA) is 54.4 Å². The van der Waals surface area contributed by atoms with E-state index in [0.717, 1.165) is 24.8 Å². The van der Waals surface area contributed by atoms with E-state index in [1.165, 1.54) is 0 Å². The van der Waals surface area contributed by atoms with Crippen LogP contribution in [0.15, 0.2) is 18.2 Å². The minimum absolute atomic E-state index is 0.169. The quantitative estimate of drug-likeness (QED) is 0.683. The maximum absolute atomic E-state index is 10.8. The first-order chi connectivity index (χ1) is 9.35. The summed E-state index contributed by atoms with van der Waals surface area (Å²) in [4.78, 5) is 0. The lowest BCUT2D eigenvalue weighted by Crippen LogP contribution is -2.07. The molecule has 0 fully saturated rings. The van der Waals surface area contributed by atoms with Crippen molar-refractivity contribution in [2.24, 2.45) is 0 Å². The Hall–Kier alpha value is -0.290. The highest BCUT2D eigenvalue weighted by Gasteiger charge is 2.17. The summed E-state index contributed by atoms with van der Waals surface area (Å²) in [5.74, 6) is -0.0451. The molecule has 0 saturated carbocycles. The van der Waals surface area contributed by atoms with E-state index in [4.69, 9.17) is 27.8 Å². The number of hydrogen-bond donors (Lipinski definition) is 1. The molecule has 0 amide bonds. The van der Waals surface area contributed by atoms with E-state index in [1.54, 1.807) is 6.07 Å². The summed E-state index contributed by atoms with van der Waals surface area (Å²) < 4.78 is 30.4. The van der Waals surface area contributed by atoms with Crippen molar-refractivity contribution < 1.29 is 13.0 Å². The molecule has 0 heterocycles. The van der Waals surface area contributed by atoms with E-state index in [-0.39, 0.29) is 11.7 Å². The van der Waals surface area contributed by atoms with Crippen LogP contribution < -0.4 is 0 Å². The van der Waals surface area contributed by atoms with Gasteiger partial charge in [-0.3, -0.25) is 4.55 Å². The molecule has 3 nitrogen and oxygen atoms in total. The van der Waals surface area contributed by atoms with Crippen LogP contribution in [0.4, 0.5) is 0 Å². The summed E-state index contributed by atoms with van der Waals surface area (Å²) in [6.07, 6.45) is 4.12. The maximum Gasteiger partial charge on any atom is 0.264 e. The molecule has 0 aromatic heterocycles. The molecule has 1 aromatic carbocycles. The van der Waals surface area contributed by atoms with Gasteiger partial charge in [-0.05, 0) is 36.8 Å². The van der Waals surface area contributed by atoms with Gasteiger partial charge in [-0.25, -0.2) is 0 Å².